The van der Waals surface area contributed by atoms with E-state index in [9.17, 15) is 4.79 Å². The Morgan fingerprint density at radius 1 is 1.17 bits per heavy atom. The van der Waals surface area contributed by atoms with E-state index in [0.29, 0.717) is 13.0 Å². The molecule has 0 spiro atoms. The van der Waals surface area contributed by atoms with Gasteiger partial charge in [-0.25, -0.2) is 0 Å². The van der Waals surface area contributed by atoms with Crippen LogP contribution < -0.4 is 11.5 Å². The van der Waals surface area contributed by atoms with Gasteiger partial charge in [0.15, 0.2) is 5.69 Å². The molecule has 6 nitrogen and oxygen atoms in total. The summed E-state index contributed by atoms with van der Waals surface area (Å²) in [6.07, 6.45) is 4.07. The summed E-state index contributed by atoms with van der Waals surface area (Å²) in [7, 11) is 0. The molecule has 0 aliphatic rings. The minimum absolute atomic E-state index is 0.183. The van der Waals surface area contributed by atoms with Crippen LogP contribution in [0, 0.1) is 6.92 Å². The Morgan fingerprint density at radius 2 is 2.00 bits per heavy atom. The molecule has 1 aromatic carbocycles. The van der Waals surface area contributed by atoms with Gasteiger partial charge < -0.3 is 11.5 Å². The Bertz CT molecular complexity index is 891. The summed E-state index contributed by atoms with van der Waals surface area (Å²) in [6.45, 7) is 2.42. The molecule has 4 N–H and O–H groups in total. The van der Waals surface area contributed by atoms with Gasteiger partial charge in [-0.05, 0) is 37.1 Å². The third kappa shape index (κ3) is 2.64. The van der Waals surface area contributed by atoms with Gasteiger partial charge in [-0.1, -0.05) is 18.2 Å². The quantitative estimate of drug-likeness (QED) is 0.761. The van der Waals surface area contributed by atoms with Crippen LogP contribution in [-0.2, 0) is 6.42 Å². The molecule has 0 aliphatic carbocycles. The third-order valence-electron chi connectivity index (χ3n) is 3.85. The number of nitrogens with zero attached hydrogens (tertiary/aromatic N) is 3. The molecule has 1 amide bonds. The highest BCUT2D eigenvalue weighted by Crippen LogP contribution is 2.30. The predicted molar refractivity (Wildman–Crippen MR) is 88.8 cm³/mol. The van der Waals surface area contributed by atoms with Crippen LogP contribution in [0.25, 0.3) is 22.0 Å². The van der Waals surface area contributed by atoms with Gasteiger partial charge in [-0.3, -0.25) is 9.78 Å². The number of amides is 1. The molecule has 0 bridgehead atoms. The van der Waals surface area contributed by atoms with Gasteiger partial charge >= 0.3 is 0 Å². The first kappa shape index (κ1) is 15.1. The first-order chi connectivity index (χ1) is 11.1. The van der Waals surface area contributed by atoms with E-state index in [1.54, 1.807) is 12.4 Å². The number of rotatable bonds is 4. The van der Waals surface area contributed by atoms with Crippen molar-refractivity contribution in [2.24, 2.45) is 11.5 Å². The van der Waals surface area contributed by atoms with Crippen molar-refractivity contribution in [2.45, 2.75) is 13.3 Å². The summed E-state index contributed by atoms with van der Waals surface area (Å²) in [4.78, 5) is 15.8. The molecule has 0 saturated carbocycles. The zero-order valence-corrected chi connectivity index (χ0v) is 12.8. The Balaban J connectivity index is 2.33. The van der Waals surface area contributed by atoms with Crippen LogP contribution in [0.1, 0.15) is 21.6 Å². The maximum absolute atomic E-state index is 11.6. The van der Waals surface area contributed by atoms with Crippen LogP contribution in [0.5, 0.6) is 0 Å². The summed E-state index contributed by atoms with van der Waals surface area (Å²) in [5.41, 5.74) is 15.7. The second kappa shape index (κ2) is 6.10. The van der Waals surface area contributed by atoms with Crippen molar-refractivity contribution in [1.82, 2.24) is 15.2 Å². The van der Waals surface area contributed by atoms with Gasteiger partial charge in [-0.2, -0.15) is 0 Å². The second-order valence-electron chi connectivity index (χ2n) is 5.32. The van der Waals surface area contributed by atoms with Crippen molar-refractivity contribution in [3.05, 3.63) is 53.5 Å². The lowest BCUT2D eigenvalue weighted by Crippen LogP contribution is -2.19. The zero-order chi connectivity index (χ0) is 16.4. The molecular weight excluding hydrogens is 290 g/mol. The Morgan fingerprint density at radius 3 is 2.70 bits per heavy atom. The fourth-order valence-electron chi connectivity index (χ4n) is 2.74. The van der Waals surface area contributed by atoms with Crippen LogP contribution in [0.15, 0.2) is 36.7 Å². The maximum Gasteiger partial charge on any atom is 0.269 e. The third-order valence-corrected chi connectivity index (χ3v) is 3.85. The summed E-state index contributed by atoms with van der Waals surface area (Å²) >= 11 is 0. The Labute approximate surface area is 133 Å². The standard InChI is InChI=1S/C17H17N5O/c1-10-6-8-20-9-14(10)12-4-2-3-11-13(5-7-18)16(17(19)23)22-21-15(11)12/h2-4,6,8-9H,5,7,18H2,1H3,(H2,19,23). The number of hydrogen-bond acceptors (Lipinski definition) is 5. The van der Waals surface area contributed by atoms with Gasteiger partial charge in [0, 0.05) is 28.9 Å². The van der Waals surface area contributed by atoms with Crippen molar-refractivity contribution in [3.8, 4) is 11.1 Å². The maximum atomic E-state index is 11.6. The van der Waals surface area contributed by atoms with E-state index < -0.39 is 5.91 Å². The fourth-order valence-corrected chi connectivity index (χ4v) is 2.74. The first-order valence-electron chi connectivity index (χ1n) is 7.32. The Kier molecular flexibility index (Phi) is 3.99. The number of primary amides is 1. The van der Waals surface area contributed by atoms with E-state index in [0.717, 1.165) is 33.2 Å². The van der Waals surface area contributed by atoms with Crippen LogP contribution >= 0.6 is 0 Å². The number of carbonyl (C=O) groups excluding carboxylic acids is 1. The van der Waals surface area contributed by atoms with E-state index >= 15 is 0 Å². The molecule has 0 unspecified atom stereocenters. The zero-order valence-electron chi connectivity index (χ0n) is 12.8. The van der Waals surface area contributed by atoms with Crippen molar-refractivity contribution in [3.63, 3.8) is 0 Å². The molecule has 0 atom stereocenters. The van der Waals surface area contributed by atoms with Crippen molar-refractivity contribution < 1.29 is 4.79 Å². The molecule has 0 saturated heterocycles. The molecule has 0 radical (unpaired) electrons. The molecule has 2 aromatic heterocycles. The first-order valence-corrected chi connectivity index (χ1v) is 7.32. The van der Waals surface area contributed by atoms with Crippen LogP contribution in [0.2, 0.25) is 0 Å². The minimum Gasteiger partial charge on any atom is -0.364 e. The van der Waals surface area contributed by atoms with E-state index in [2.05, 4.69) is 15.2 Å². The predicted octanol–water partition coefficient (Wildman–Crippen LogP) is 1.60. The highest BCUT2D eigenvalue weighted by atomic mass is 16.1. The highest BCUT2D eigenvalue weighted by molar-refractivity contribution is 6.01. The molecule has 3 rings (SSSR count). The van der Waals surface area contributed by atoms with E-state index in [1.807, 2.05) is 31.2 Å². The average Bonchev–Trinajstić information content (AvgIpc) is 2.55. The Hall–Kier alpha value is -2.86. The van der Waals surface area contributed by atoms with Crippen LogP contribution in [0.4, 0.5) is 0 Å². The van der Waals surface area contributed by atoms with Gasteiger partial charge in [0.2, 0.25) is 0 Å². The molecule has 0 fully saturated rings. The molecule has 3 aromatic rings. The van der Waals surface area contributed by atoms with E-state index in [4.69, 9.17) is 11.5 Å². The van der Waals surface area contributed by atoms with E-state index in [1.165, 1.54) is 0 Å². The highest BCUT2D eigenvalue weighted by Gasteiger charge is 2.17. The smallest absolute Gasteiger partial charge is 0.269 e. The van der Waals surface area contributed by atoms with Gasteiger partial charge in [0.25, 0.3) is 5.91 Å². The van der Waals surface area contributed by atoms with Gasteiger partial charge in [-0.15, -0.1) is 10.2 Å². The summed E-state index contributed by atoms with van der Waals surface area (Å²) in [5, 5.41) is 9.13. The number of carbonyl (C=O) groups is 1. The molecule has 6 heteroatoms. The lowest BCUT2D eigenvalue weighted by molar-refractivity contribution is 0.0994. The molecule has 0 aliphatic heterocycles. The topological polar surface area (TPSA) is 108 Å². The number of aryl methyl sites for hydroxylation is 1. The summed E-state index contributed by atoms with van der Waals surface area (Å²) in [6, 6.07) is 7.75. The number of nitrogens with two attached hydrogens (primary N) is 2. The normalized spacial score (nSPS) is 10.9. The molecule has 23 heavy (non-hydrogen) atoms. The van der Waals surface area contributed by atoms with Crippen molar-refractivity contribution >= 4 is 16.8 Å². The lowest BCUT2D eigenvalue weighted by Gasteiger charge is -2.12. The van der Waals surface area contributed by atoms with Crippen LogP contribution in [0.3, 0.4) is 0 Å². The second-order valence-corrected chi connectivity index (χ2v) is 5.32. The largest absolute Gasteiger partial charge is 0.364 e. The van der Waals surface area contributed by atoms with Gasteiger partial charge in [0.05, 0.1) is 0 Å². The SMILES string of the molecule is Cc1ccncc1-c1cccc2c(CCN)c(C(N)=O)nnc12. The van der Waals surface area contributed by atoms with Crippen molar-refractivity contribution in [1.29, 1.82) is 0 Å². The molecular formula is C17H17N5O. The monoisotopic (exact) mass is 307 g/mol. The number of fused-ring (bicyclic) bond motifs is 1. The summed E-state index contributed by atoms with van der Waals surface area (Å²) < 4.78 is 0. The number of hydrogen-bond donors (Lipinski definition) is 2. The number of benzene rings is 1. The lowest BCUT2D eigenvalue weighted by atomic mass is 9.96. The van der Waals surface area contributed by atoms with E-state index in [-0.39, 0.29) is 5.69 Å². The fraction of sp³-hybridized carbons (Fsp3) is 0.176. The van der Waals surface area contributed by atoms with Gasteiger partial charge in [0.1, 0.15) is 5.52 Å². The number of aromatic nitrogens is 3. The van der Waals surface area contributed by atoms with Crippen LogP contribution in [-0.4, -0.2) is 27.6 Å². The minimum atomic E-state index is -0.592. The molecule has 2 heterocycles. The average molecular weight is 307 g/mol. The summed E-state index contributed by atoms with van der Waals surface area (Å²) in [5.74, 6) is -0.592. The molecule has 116 valence electrons. The number of pyridine rings is 1. The van der Waals surface area contributed by atoms with Crippen molar-refractivity contribution in [2.75, 3.05) is 6.54 Å².